The van der Waals surface area contributed by atoms with E-state index in [-0.39, 0.29) is 11.9 Å². The Kier molecular flexibility index (Phi) is 8.22. The van der Waals surface area contributed by atoms with E-state index in [0.29, 0.717) is 24.9 Å². The number of esters is 1. The molecule has 1 rings (SSSR count). The zero-order valence-corrected chi connectivity index (χ0v) is 15.4. The third-order valence-electron chi connectivity index (χ3n) is 4.22. The summed E-state index contributed by atoms with van der Waals surface area (Å²) in [6, 6.07) is 0. The molecule has 0 aromatic heterocycles. The molecule has 2 amide bonds. The minimum Gasteiger partial charge on any atom is -0.466 e. The fourth-order valence-corrected chi connectivity index (χ4v) is 2.99. The maximum absolute atomic E-state index is 11.8. The van der Waals surface area contributed by atoms with E-state index in [4.69, 9.17) is 9.47 Å². The summed E-state index contributed by atoms with van der Waals surface area (Å²) in [6.45, 7) is 7.22. The molecule has 0 spiro atoms. The Morgan fingerprint density at radius 2 is 1.54 bits per heavy atom. The Balaban J connectivity index is 2.15. The molecule has 1 N–H and O–H groups in total. The third kappa shape index (κ3) is 9.53. The third-order valence-corrected chi connectivity index (χ3v) is 4.22. The van der Waals surface area contributed by atoms with Crippen LogP contribution >= 0.6 is 0 Å². The summed E-state index contributed by atoms with van der Waals surface area (Å²) >= 11 is 0. The summed E-state index contributed by atoms with van der Waals surface area (Å²) in [6.07, 6.45) is 5.79. The van der Waals surface area contributed by atoms with Gasteiger partial charge in [-0.05, 0) is 45.4 Å². The highest BCUT2D eigenvalue weighted by Crippen LogP contribution is 2.33. The van der Waals surface area contributed by atoms with E-state index in [2.05, 4.69) is 5.32 Å². The zero-order chi connectivity index (χ0) is 18.2. The SMILES string of the molecule is CC(=O)OCCC1CCC(CCC(=O)NC(=O)OC(C)(C)C)CC1. The first-order chi connectivity index (χ1) is 11.2. The van der Waals surface area contributed by atoms with Gasteiger partial charge in [0.15, 0.2) is 0 Å². The maximum atomic E-state index is 11.8. The topological polar surface area (TPSA) is 81.7 Å². The van der Waals surface area contributed by atoms with E-state index < -0.39 is 11.7 Å². The molecule has 0 saturated heterocycles. The van der Waals surface area contributed by atoms with Crippen molar-refractivity contribution in [1.29, 1.82) is 0 Å². The Morgan fingerprint density at radius 3 is 2.04 bits per heavy atom. The predicted molar refractivity (Wildman–Crippen MR) is 90.3 cm³/mol. The molecule has 0 radical (unpaired) electrons. The lowest BCUT2D eigenvalue weighted by Crippen LogP contribution is -2.36. The van der Waals surface area contributed by atoms with Gasteiger partial charge in [-0.1, -0.05) is 25.7 Å². The molecule has 0 aromatic carbocycles. The average molecular weight is 341 g/mol. The summed E-state index contributed by atoms with van der Waals surface area (Å²) < 4.78 is 10.0. The number of alkyl carbamates (subject to hydrolysis) is 1. The minimum absolute atomic E-state index is 0.223. The van der Waals surface area contributed by atoms with Crippen molar-refractivity contribution in [3.8, 4) is 0 Å². The van der Waals surface area contributed by atoms with Crippen molar-refractivity contribution in [2.24, 2.45) is 11.8 Å². The van der Waals surface area contributed by atoms with Gasteiger partial charge in [0.1, 0.15) is 5.60 Å². The van der Waals surface area contributed by atoms with E-state index in [1.54, 1.807) is 20.8 Å². The summed E-state index contributed by atoms with van der Waals surface area (Å²) in [5, 5.41) is 2.27. The highest BCUT2D eigenvalue weighted by atomic mass is 16.6. The van der Waals surface area contributed by atoms with Gasteiger partial charge in [-0.2, -0.15) is 0 Å². The van der Waals surface area contributed by atoms with Gasteiger partial charge in [-0.25, -0.2) is 4.79 Å². The first-order valence-corrected chi connectivity index (χ1v) is 8.82. The van der Waals surface area contributed by atoms with Crippen molar-refractivity contribution in [2.45, 2.75) is 78.2 Å². The van der Waals surface area contributed by atoms with E-state index in [1.807, 2.05) is 0 Å². The number of hydrogen-bond acceptors (Lipinski definition) is 5. The fourth-order valence-electron chi connectivity index (χ4n) is 2.99. The normalized spacial score (nSPS) is 21.0. The smallest absolute Gasteiger partial charge is 0.414 e. The molecule has 0 bridgehead atoms. The predicted octanol–water partition coefficient (Wildman–Crippen LogP) is 3.58. The van der Waals surface area contributed by atoms with Crippen LogP contribution in [0.25, 0.3) is 0 Å². The van der Waals surface area contributed by atoms with E-state index in [1.165, 1.54) is 6.92 Å². The molecule has 6 heteroatoms. The highest BCUT2D eigenvalue weighted by Gasteiger charge is 2.23. The van der Waals surface area contributed by atoms with Crippen molar-refractivity contribution >= 4 is 18.0 Å². The maximum Gasteiger partial charge on any atom is 0.414 e. The Morgan fingerprint density at radius 1 is 1.00 bits per heavy atom. The fraction of sp³-hybridized carbons (Fsp3) is 0.833. The molecule has 0 aromatic rings. The van der Waals surface area contributed by atoms with Crippen LogP contribution < -0.4 is 5.32 Å². The van der Waals surface area contributed by atoms with Crippen LogP contribution in [0.2, 0.25) is 0 Å². The van der Waals surface area contributed by atoms with Crippen molar-refractivity contribution in [3.05, 3.63) is 0 Å². The lowest BCUT2D eigenvalue weighted by atomic mass is 9.79. The van der Waals surface area contributed by atoms with Crippen molar-refractivity contribution in [2.75, 3.05) is 6.61 Å². The monoisotopic (exact) mass is 341 g/mol. The van der Waals surface area contributed by atoms with Crippen LogP contribution in [-0.2, 0) is 19.1 Å². The van der Waals surface area contributed by atoms with Crippen molar-refractivity contribution < 1.29 is 23.9 Å². The summed E-state index contributed by atoms with van der Waals surface area (Å²) in [5.74, 6) is 0.636. The van der Waals surface area contributed by atoms with Crippen LogP contribution in [-0.4, -0.2) is 30.2 Å². The van der Waals surface area contributed by atoms with Gasteiger partial charge in [-0.3, -0.25) is 14.9 Å². The minimum atomic E-state index is -0.679. The number of rotatable bonds is 6. The lowest BCUT2D eigenvalue weighted by Gasteiger charge is -2.28. The van der Waals surface area contributed by atoms with Crippen LogP contribution in [0.3, 0.4) is 0 Å². The van der Waals surface area contributed by atoms with Crippen molar-refractivity contribution in [1.82, 2.24) is 5.32 Å². The van der Waals surface area contributed by atoms with Crippen LogP contribution in [0.5, 0.6) is 0 Å². The second kappa shape index (κ2) is 9.64. The number of amides is 2. The molecular weight excluding hydrogens is 310 g/mol. The largest absolute Gasteiger partial charge is 0.466 e. The average Bonchev–Trinajstić information content (AvgIpc) is 2.44. The number of hydrogen-bond donors (Lipinski definition) is 1. The Bertz CT molecular complexity index is 433. The van der Waals surface area contributed by atoms with Crippen LogP contribution in [0.4, 0.5) is 4.79 Å². The van der Waals surface area contributed by atoms with Gasteiger partial charge in [0.05, 0.1) is 6.61 Å². The number of carbonyl (C=O) groups is 3. The summed E-state index contributed by atoms with van der Waals surface area (Å²) in [7, 11) is 0. The molecule has 138 valence electrons. The number of ether oxygens (including phenoxy) is 2. The quantitative estimate of drug-likeness (QED) is 0.747. The number of nitrogens with one attached hydrogen (secondary N) is 1. The molecule has 24 heavy (non-hydrogen) atoms. The molecule has 6 nitrogen and oxygen atoms in total. The molecule has 1 fully saturated rings. The molecule has 0 aliphatic heterocycles. The molecule has 1 saturated carbocycles. The van der Waals surface area contributed by atoms with Gasteiger partial charge in [0.2, 0.25) is 5.91 Å². The van der Waals surface area contributed by atoms with Crippen molar-refractivity contribution in [3.63, 3.8) is 0 Å². The van der Waals surface area contributed by atoms with E-state index >= 15 is 0 Å². The van der Waals surface area contributed by atoms with E-state index in [0.717, 1.165) is 38.5 Å². The second-order valence-electron chi connectivity index (χ2n) is 7.60. The first kappa shape index (κ1) is 20.5. The molecule has 0 unspecified atom stereocenters. The number of imide groups is 1. The zero-order valence-electron chi connectivity index (χ0n) is 15.4. The Labute approximate surface area is 144 Å². The molecule has 0 atom stereocenters. The van der Waals surface area contributed by atoms with Gasteiger partial charge >= 0.3 is 12.1 Å². The van der Waals surface area contributed by atoms with Gasteiger partial charge in [0, 0.05) is 13.3 Å². The standard InChI is InChI=1S/C18H31NO5/c1-13(20)23-12-11-15-7-5-14(6-8-15)9-10-16(21)19-17(22)24-18(2,3)4/h14-15H,5-12H2,1-4H3,(H,19,21,22). The molecule has 1 aliphatic rings. The second-order valence-corrected chi connectivity index (χ2v) is 7.60. The molecular formula is C18H31NO5. The van der Waals surface area contributed by atoms with Gasteiger partial charge in [0.25, 0.3) is 0 Å². The highest BCUT2D eigenvalue weighted by molar-refractivity contribution is 5.91. The lowest BCUT2D eigenvalue weighted by molar-refractivity contribution is -0.141. The van der Waals surface area contributed by atoms with Gasteiger partial charge < -0.3 is 9.47 Å². The van der Waals surface area contributed by atoms with Crippen LogP contribution in [0.1, 0.15) is 72.6 Å². The van der Waals surface area contributed by atoms with Crippen LogP contribution in [0, 0.1) is 11.8 Å². The molecule has 0 heterocycles. The summed E-state index contributed by atoms with van der Waals surface area (Å²) in [4.78, 5) is 34.1. The summed E-state index contributed by atoms with van der Waals surface area (Å²) in [5.41, 5.74) is -0.602. The van der Waals surface area contributed by atoms with Crippen LogP contribution in [0.15, 0.2) is 0 Å². The van der Waals surface area contributed by atoms with Gasteiger partial charge in [-0.15, -0.1) is 0 Å². The first-order valence-electron chi connectivity index (χ1n) is 8.82. The number of carbonyl (C=O) groups excluding carboxylic acids is 3. The Hall–Kier alpha value is -1.59. The molecule has 1 aliphatic carbocycles. The van der Waals surface area contributed by atoms with E-state index in [9.17, 15) is 14.4 Å².